The van der Waals surface area contributed by atoms with Crippen LogP contribution < -0.4 is 4.90 Å². The fourth-order valence-electron chi connectivity index (χ4n) is 3.25. The summed E-state index contributed by atoms with van der Waals surface area (Å²) >= 11 is 0. The number of carbonyl (C=O) groups excluding carboxylic acids is 1. The molecule has 1 amide bonds. The lowest BCUT2D eigenvalue weighted by atomic mass is 10.0. The predicted octanol–water partition coefficient (Wildman–Crippen LogP) is 3.34. The molecule has 8 nitrogen and oxygen atoms in total. The number of hydrogen-bond donors (Lipinski definition) is 0. The van der Waals surface area contributed by atoms with Crippen LogP contribution in [0.5, 0.6) is 0 Å². The van der Waals surface area contributed by atoms with Gasteiger partial charge in [0.2, 0.25) is 8.87 Å². The van der Waals surface area contributed by atoms with Gasteiger partial charge in [0.15, 0.2) is 20.5 Å². The number of anilines is 1. The highest BCUT2D eigenvalue weighted by Crippen LogP contribution is 2.39. The third kappa shape index (κ3) is 5.65. The van der Waals surface area contributed by atoms with Gasteiger partial charge in [-0.1, -0.05) is 0 Å². The lowest BCUT2D eigenvalue weighted by Crippen LogP contribution is -2.45. The first-order chi connectivity index (χ1) is 16.0. The molecule has 0 saturated carbocycles. The molecule has 1 aliphatic rings. The van der Waals surface area contributed by atoms with Crippen molar-refractivity contribution >= 4 is 46.3 Å². The summed E-state index contributed by atoms with van der Waals surface area (Å²) in [5.74, 6) is -2.78. The van der Waals surface area contributed by atoms with Crippen LogP contribution in [-0.4, -0.2) is 45.5 Å². The molecule has 1 aliphatic heterocycles. The van der Waals surface area contributed by atoms with Crippen molar-refractivity contribution in [2.45, 2.75) is 23.5 Å². The van der Waals surface area contributed by atoms with E-state index in [-0.39, 0.29) is 15.7 Å². The highest BCUT2D eigenvalue weighted by Gasteiger charge is 2.50. The SMILES string of the molecule is C[C@@]1(CS(=O)(=O)c2ccc(F)cc2)N=C(SS(C)(=O)=O)N(c2ccc(C#N)c(C(F)(F)F)c2)C1=O. The molecule has 0 bridgehead atoms. The fourth-order valence-corrected chi connectivity index (χ4v) is 6.81. The zero-order chi connectivity index (χ0) is 26.4. The Balaban J connectivity index is 2.12. The molecule has 0 aromatic heterocycles. The summed E-state index contributed by atoms with van der Waals surface area (Å²) in [6.45, 7) is 1.09. The molecule has 35 heavy (non-hydrogen) atoms. The van der Waals surface area contributed by atoms with Crippen molar-refractivity contribution in [1.82, 2.24) is 0 Å². The smallest absolute Gasteiger partial charge is 0.271 e. The van der Waals surface area contributed by atoms with Crippen LogP contribution >= 0.6 is 10.8 Å². The highest BCUT2D eigenvalue weighted by molar-refractivity contribution is 8.77. The monoisotopic (exact) mass is 549 g/mol. The molecule has 0 spiro atoms. The van der Waals surface area contributed by atoms with Gasteiger partial charge in [0.1, 0.15) is 5.82 Å². The molecule has 186 valence electrons. The summed E-state index contributed by atoms with van der Waals surface area (Å²) in [7, 11) is -8.16. The van der Waals surface area contributed by atoms with Crippen LogP contribution in [0.15, 0.2) is 52.4 Å². The number of benzene rings is 2. The van der Waals surface area contributed by atoms with Gasteiger partial charge >= 0.3 is 6.18 Å². The van der Waals surface area contributed by atoms with Crippen molar-refractivity contribution in [3.05, 3.63) is 59.4 Å². The van der Waals surface area contributed by atoms with Crippen molar-refractivity contribution < 1.29 is 39.2 Å². The minimum atomic E-state index is -4.97. The zero-order valence-electron chi connectivity index (χ0n) is 17.9. The maximum atomic E-state index is 13.5. The number of rotatable bonds is 5. The second kappa shape index (κ2) is 8.92. The maximum absolute atomic E-state index is 13.5. The van der Waals surface area contributed by atoms with E-state index in [0.29, 0.717) is 11.0 Å². The average molecular weight is 550 g/mol. The number of halogens is 4. The van der Waals surface area contributed by atoms with Crippen molar-refractivity contribution in [1.29, 1.82) is 5.26 Å². The summed E-state index contributed by atoms with van der Waals surface area (Å²) in [5.41, 5.74) is -4.68. The molecule has 15 heteroatoms. The van der Waals surface area contributed by atoms with Gasteiger partial charge in [-0.05, 0) is 49.4 Å². The first kappa shape index (κ1) is 26.6. The first-order valence-electron chi connectivity index (χ1n) is 9.40. The molecular weight excluding hydrogens is 534 g/mol. The van der Waals surface area contributed by atoms with E-state index in [1.54, 1.807) is 0 Å². The van der Waals surface area contributed by atoms with Crippen LogP contribution in [0.1, 0.15) is 18.1 Å². The van der Waals surface area contributed by atoms with Crippen molar-refractivity contribution in [3.8, 4) is 6.07 Å². The van der Waals surface area contributed by atoms with E-state index < -0.39 is 69.9 Å². The number of nitriles is 1. The number of hydrogen-bond acceptors (Lipinski definition) is 8. The molecule has 1 heterocycles. The maximum Gasteiger partial charge on any atom is 0.417 e. The summed E-state index contributed by atoms with van der Waals surface area (Å²) in [5, 5.41) is 8.44. The number of carbonyl (C=O) groups is 1. The van der Waals surface area contributed by atoms with Gasteiger partial charge in [0.25, 0.3) is 5.91 Å². The van der Waals surface area contributed by atoms with E-state index in [0.717, 1.165) is 49.6 Å². The largest absolute Gasteiger partial charge is 0.417 e. The fraction of sp³-hybridized carbons (Fsp3) is 0.250. The molecule has 0 fully saturated rings. The van der Waals surface area contributed by atoms with E-state index in [1.165, 1.54) is 6.07 Å². The van der Waals surface area contributed by atoms with Crippen molar-refractivity contribution in [2.24, 2.45) is 4.99 Å². The number of amides is 1. The summed E-state index contributed by atoms with van der Waals surface area (Å²) < 4.78 is 103. The number of alkyl halides is 3. The highest BCUT2D eigenvalue weighted by atomic mass is 33.1. The predicted molar refractivity (Wildman–Crippen MR) is 120 cm³/mol. The van der Waals surface area contributed by atoms with E-state index >= 15 is 0 Å². The Bertz CT molecular complexity index is 1480. The minimum absolute atomic E-state index is 0.0571. The molecule has 0 aliphatic carbocycles. The lowest BCUT2D eigenvalue weighted by Gasteiger charge is -2.23. The van der Waals surface area contributed by atoms with Crippen LogP contribution in [0.2, 0.25) is 0 Å². The Kier molecular flexibility index (Phi) is 6.79. The number of aliphatic imine (C=N–C) groups is 1. The lowest BCUT2D eigenvalue weighted by molar-refractivity contribution is -0.137. The molecule has 0 radical (unpaired) electrons. The Morgan fingerprint density at radius 2 is 1.71 bits per heavy atom. The molecule has 3 rings (SSSR count). The summed E-state index contributed by atoms with van der Waals surface area (Å²) in [4.78, 5) is 17.6. The summed E-state index contributed by atoms with van der Waals surface area (Å²) in [6, 6.07) is 7.39. The van der Waals surface area contributed by atoms with Gasteiger partial charge in [0, 0.05) is 17.0 Å². The Morgan fingerprint density at radius 3 is 2.23 bits per heavy atom. The number of nitrogens with zero attached hydrogens (tertiary/aromatic N) is 3. The topological polar surface area (TPSA) is 125 Å². The third-order valence-electron chi connectivity index (χ3n) is 4.75. The van der Waals surface area contributed by atoms with Gasteiger partial charge in [-0.3, -0.25) is 9.69 Å². The van der Waals surface area contributed by atoms with E-state index in [1.807, 2.05) is 0 Å². The molecule has 0 saturated heterocycles. The van der Waals surface area contributed by atoms with Gasteiger partial charge in [-0.25, -0.2) is 26.2 Å². The van der Waals surface area contributed by atoms with Gasteiger partial charge < -0.3 is 0 Å². The minimum Gasteiger partial charge on any atom is -0.271 e. The molecular formula is C20H15F4N3O5S3. The second-order valence-electron chi connectivity index (χ2n) is 7.65. The van der Waals surface area contributed by atoms with Crippen LogP contribution in [0.4, 0.5) is 23.2 Å². The molecule has 2 aromatic carbocycles. The van der Waals surface area contributed by atoms with E-state index in [2.05, 4.69) is 4.99 Å². The normalized spacial score (nSPS) is 18.9. The van der Waals surface area contributed by atoms with Gasteiger partial charge in [-0.15, -0.1) is 0 Å². The third-order valence-corrected chi connectivity index (χ3v) is 8.77. The quantitative estimate of drug-likeness (QED) is 0.318. The Hall–Kier alpha value is -2.96. The number of sulfone groups is 1. The van der Waals surface area contributed by atoms with Crippen LogP contribution in [0, 0.1) is 17.1 Å². The van der Waals surface area contributed by atoms with Crippen LogP contribution in [-0.2, 0) is 29.7 Å². The molecule has 1 atom stereocenters. The first-order valence-corrected chi connectivity index (χ1v) is 14.3. The van der Waals surface area contributed by atoms with Gasteiger partial charge in [0.05, 0.1) is 33.5 Å². The Morgan fingerprint density at radius 1 is 1.11 bits per heavy atom. The molecule has 0 unspecified atom stereocenters. The number of amidine groups is 1. The standard InChI is InChI=1S/C20H15F4N3O5S3/c1-19(11-35(31,32)15-7-4-13(21)5-8-15)17(28)27(18(26-19)33-34(2,29)30)14-6-3-12(10-25)16(9-14)20(22,23)24/h3-9H,11H2,1-2H3/t19-/m0/s1. The van der Waals surface area contributed by atoms with Crippen LogP contribution in [0.3, 0.4) is 0 Å². The van der Waals surface area contributed by atoms with Crippen molar-refractivity contribution in [2.75, 3.05) is 16.9 Å². The zero-order valence-corrected chi connectivity index (χ0v) is 20.3. The molecule has 0 N–H and O–H groups in total. The second-order valence-corrected chi connectivity index (χ2v) is 13.9. The van der Waals surface area contributed by atoms with Crippen LogP contribution in [0.25, 0.3) is 0 Å². The summed E-state index contributed by atoms with van der Waals surface area (Å²) in [6.07, 6.45) is -4.20. The average Bonchev–Trinajstić information content (AvgIpc) is 2.94. The van der Waals surface area contributed by atoms with Crippen molar-refractivity contribution in [3.63, 3.8) is 0 Å². The Labute approximate surface area is 201 Å². The van der Waals surface area contributed by atoms with Gasteiger partial charge in [-0.2, -0.15) is 18.4 Å². The molecule has 2 aromatic rings. The van der Waals surface area contributed by atoms with E-state index in [9.17, 15) is 39.2 Å². The van der Waals surface area contributed by atoms with E-state index in [4.69, 9.17) is 5.26 Å².